The first-order valence-corrected chi connectivity index (χ1v) is 17.6. The number of carbonyl (C=O) groups is 2. The molecule has 16 N–H and O–H groups in total. The third-order valence-electron chi connectivity index (χ3n) is 9.36. The summed E-state index contributed by atoms with van der Waals surface area (Å²) in [5.41, 5.74) is 29.9. The van der Waals surface area contributed by atoms with Crippen LogP contribution >= 0.6 is 0 Å². The van der Waals surface area contributed by atoms with Crippen molar-refractivity contribution in [2.45, 2.75) is 156 Å². The predicted octanol–water partition coefficient (Wildman–Crippen LogP) is -4.74. The molecule has 1 aliphatic carbocycles. The van der Waals surface area contributed by atoms with Gasteiger partial charge in [0.2, 0.25) is 0 Å². The first-order valence-electron chi connectivity index (χ1n) is 17.6. The quantitative estimate of drug-likeness (QED) is 0.0845. The Bertz CT molecular complexity index is 1120. The summed E-state index contributed by atoms with van der Waals surface area (Å²) in [5.74, 6) is -0.922. The van der Waals surface area contributed by atoms with Crippen molar-refractivity contribution in [1.29, 1.82) is 0 Å². The number of nitrogens with one attached hydrogen (secondary N) is 2. The van der Waals surface area contributed by atoms with Gasteiger partial charge in [0.15, 0.2) is 18.9 Å². The molecule has 0 aromatic rings. The fraction of sp³-hybridized carbons (Fsp3) is 0.935. The number of rotatable bonds is 13. The van der Waals surface area contributed by atoms with Crippen LogP contribution < -0.4 is 39.3 Å². The highest BCUT2D eigenvalue weighted by Crippen LogP contribution is 2.34. The molecule has 16 atom stereocenters. The maximum atomic E-state index is 13.0. The monoisotopic (exact) mass is 737 g/mol. The van der Waals surface area contributed by atoms with Gasteiger partial charge < -0.3 is 92.9 Å². The lowest BCUT2D eigenvalue weighted by Crippen LogP contribution is -2.67. The van der Waals surface area contributed by atoms with Gasteiger partial charge in [0.1, 0.15) is 48.3 Å². The Hall–Kier alpha value is -1.86. The van der Waals surface area contributed by atoms with Gasteiger partial charge in [0.05, 0.1) is 43.5 Å². The summed E-state index contributed by atoms with van der Waals surface area (Å²) in [6, 6.07) is -3.13. The van der Waals surface area contributed by atoms with Crippen LogP contribution in [0.3, 0.4) is 0 Å². The maximum Gasteiger partial charge on any atom is 0.407 e. The van der Waals surface area contributed by atoms with Gasteiger partial charge in [-0.05, 0) is 52.9 Å². The van der Waals surface area contributed by atoms with Crippen LogP contribution in [-0.4, -0.2) is 162 Å². The highest BCUT2D eigenvalue weighted by molar-refractivity contribution is 5.81. The second-order valence-electron chi connectivity index (χ2n) is 14.6. The van der Waals surface area contributed by atoms with Crippen LogP contribution in [0.1, 0.15) is 52.9 Å². The van der Waals surface area contributed by atoms with Gasteiger partial charge in [-0.25, -0.2) is 4.79 Å². The van der Waals surface area contributed by atoms with Crippen molar-refractivity contribution in [3.63, 3.8) is 0 Å². The van der Waals surface area contributed by atoms with Crippen molar-refractivity contribution in [2.75, 3.05) is 26.2 Å². The lowest BCUT2D eigenvalue weighted by atomic mass is 9.83. The van der Waals surface area contributed by atoms with Gasteiger partial charge in [-0.2, -0.15) is 0 Å². The third-order valence-corrected chi connectivity index (χ3v) is 9.36. The fourth-order valence-electron chi connectivity index (χ4n) is 6.54. The zero-order valence-corrected chi connectivity index (χ0v) is 29.5. The van der Waals surface area contributed by atoms with E-state index in [-0.39, 0.29) is 31.7 Å². The van der Waals surface area contributed by atoms with Crippen molar-refractivity contribution < 1.29 is 63.2 Å². The minimum absolute atomic E-state index is 0.0514. The van der Waals surface area contributed by atoms with Crippen LogP contribution in [0.5, 0.6) is 0 Å². The third kappa shape index (κ3) is 11.1. The first kappa shape index (κ1) is 41.9. The zero-order chi connectivity index (χ0) is 37.6. The van der Waals surface area contributed by atoms with Crippen molar-refractivity contribution in [1.82, 2.24) is 10.6 Å². The van der Waals surface area contributed by atoms with Gasteiger partial charge in [-0.15, -0.1) is 0 Å². The largest absolute Gasteiger partial charge is 0.444 e. The average Bonchev–Trinajstić information content (AvgIpc) is 3.37. The van der Waals surface area contributed by atoms with Crippen molar-refractivity contribution in [3.8, 4) is 0 Å². The minimum atomic E-state index is -1.72. The Kier molecular flexibility index (Phi) is 15.2. The number of ether oxygens (including phenoxy) is 7. The average molecular weight is 738 g/mol. The first-order chi connectivity index (χ1) is 24.0. The molecule has 0 spiro atoms. The van der Waals surface area contributed by atoms with Crippen LogP contribution in [0.25, 0.3) is 0 Å². The molecule has 0 aromatic carbocycles. The van der Waals surface area contributed by atoms with E-state index >= 15 is 0 Å². The van der Waals surface area contributed by atoms with E-state index in [9.17, 15) is 30.0 Å². The molecule has 3 heterocycles. The van der Waals surface area contributed by atoms with E-state index in [1.165, 1.54) is 0 Å². The standard InChI is InChI=1S/C31H59N7O13/c1-31(2,3)51-30(44)37-11-19(40)26(43)38-18-8-17(36)23(48-27-15(34)6-4-13(9-32)45-27)25(21(18)41)50-29-22(42)24(20(12-39)47-29)49-28-16(35)7-5-14(10-33)46-28/h13-25,27-29,39-42H,4-12,32-36H2,1-3H3,(H,37,44)(H,38,43). The summed E-state index contributed by atoms with van der Waals surface area (Å²) >= 11 is 0. The van der Waals surface area contributed by atoms with Crippen LogP contribution in [0.15, 0.2) is 0 Å². The highest BCUT2D eigenvalue weighted by atomic mass is 16.8. The molecule has 296 valence electrons. The maximum absolute atomic E-state index is 13.0. The van der Waals surface area contributed by atoms with E-state index < -0.39 is 117 Å². The van der Waals surface area contributed by atoms with E-state index in [1.807, 2.05) is 0 Å². The Balaban J connectivity index is 1.50. The molecule has 20 nitrogen and oxygen atoms in total. The number of aliphatic hydroxyl groups is 4. The highest BCUT2D eigenvalue weighted by Gasteiger charge is 2.53. The van der Waals surface area contributed by atoms with Crippen LogP contribution in [0.2, 0.25) is 0 Å². The van der Waals surface area contributed by atoms with Crippen LogP contribution in [0.4, 0.5) is 4.79 Å². The molecule has 0 radical (unpaired) electrons. The number of nitrogens with two attached hydrogens (primary N) is 5. The van der Waals surface area contributed by atoms with E-state index in [1.54, 1.807) is 20.8 Å². The molecule has 4 rings (SSSR count). The summed E-state index contributed by atoms with van der Waals surface area (Å²) in [7, 11) is 0. The fourth-order valence-corrected chi connectivity index (χ4v) is 6.54. The molecule has 2 amide bonds. The second-order valence-corrected chi connectivity index (χ2v) is 14.6. The summed E-state index contributed by atoms with van der Waals surface area (Å²) in [4.78, 5) is 25.0. The molecule has 20 heteroatoms. The Morgan fingerprint density at radius 3 is 1.88 bits per heavy atom. The topological polar surface area (TPSA) is 334 Å². The number of aliphatic hydroxyl groups excluding tert-OH is 4. The number of hydrogen-bond donors (Lipinski definition) is 11. The molecule has 51 heavy (non-hydrogen) atoms. The van der Waals surface area contributed by atoms with E-state index in [4.69, 9.17) is 61.8 Å². The Labute approximate surface area is 297 Å². The zero-order valence-electron chi connectivity index (χ0n) is 29.5. The lowest BCUT2D eigenvalue weighted by molar-refractivity contribution is -0.288. The van der Waals surface area contributed by atoms with Gasteiger partial charge >= 0.3 is 6.09 Å². The van der Waals surface area contributed by atoms with Gasteiger partial charge in [0, 0.05) is 19.1 Å². The number of amides is 2. The summed E-state index contributed by atoms with van der Waals surface area (Å²) in [6.07, 6.45) is -12.2. The van der Waals surface area contributed by atoms with E-state index in [0.29, 0.717) is 25.7 Å². The summed E-state index contributed by atoms with van der Waals surface area (Å²) in [6.45, 7) is 4.39. The normalized spacial score (nSPS) is 41.1. The van der Waals surface area contributed by atoms with Gasteiger partial charge in [-0.3, -0.25) is 4.79 Å². The molecule has 1 saturated carbocycles. The predicted molar refractivity (Wildman–Crippen MR) is 177 cm³/mol. The van der Waals surface area contributed by atoms with Gasteiger partial charge in [-0.1, -0.05) is 0 Å². The molecule has 4 fully saturated rings. The SMILES string of the molecule is CC(C)(C)OC(=O)NCC(O)C(=O)NC1CC(N)C(OC2OC(CN)CCC2N)C(OC2OC(CO)C(OC3OC(CN)CCC3N)C2O)C1O. The molecule has 0 bridgehead atoms. The molecular formula is C31H59N7O13. The van der Waals surface area contributed by atoms with Crippen LogP contribution in [0, 0.1) is 0 Å². The molecule has 3 aliphatic heterocycles. The van der Waals surface area contributed by atoms with Crippen molar-refractivity contribution in [2.24, 2.45) is 28.7 Å². The number of carbonyl (C=O) groups excluding carboxylic acids is 2. The van der Waals surface area contributed by atoms with E-state index in [2.05, 4.69) is 10.6 Å². The molecule has 0 aromatic heterocycles. The molecular weight excluding hydrogens is 678 g/mol. The molecule has 3 saturated heterocycles. The Morgan fingerprint density at radius 1 is 0.804 bits per heavy atom. The summed E-state index contributed by atoms with van der Waals surface area (Å²) < 4.78 is 41.3. The number of hydrogen-bond acceptors (Lipinski definition) is 18. The molecule has 4 aliphatic rings. The Morgan fingerprint density at radius 2 is 1.35 bits per heavy atom. The van der Waals surface area contributed by atoms with Gasteiger partial charge in [0.25, 0.3) is 5.91 Å². The van der Waals surface area contributed by atoms with E-state index in [0.717, 1.165) is 0 Å². The molecule has 16 unspecified atom stereocenters. The minimum Gasteiger partial charge on any atom is -0.444 e. The van der Waals surface area contributed by atoms with Crippen molar-refractivity contribution >= 4 is 12.0 Å². The summed E-state index contributed by atoms with van der Waals surface area (Å²) in [5, 5.41) is 48.5. The van der Waals surface area contributed by atoms with Crippen LogP contribution in [-0.2, 0) is 38.0 Å². The second kappa shape index (κ2) is 18.5. The number of alkyl carbamates (subject to hydrolysis) is 1. The smallest absolute Gasteiger partial charge is 0.407 e. The lowest BCUT2D eigenvalue weighted by Gasteiger charge is -2.46. The van der Waals surface area contributed by atoms with Crippen molar-refractivity contribution in [3.05, 3.63) is 0 Å².